The van der Waals surface area contributed by atoms with E-state index in [-0.39, 0.29) is 35.6 Å². The number of esters is 1. The molecule has 1 saturated heterocycles. The number of thioether (sulfide) groups is 1. The van der Waals surface area contributed by atoms with E-state index in [4.69, 9.17) is 9.47 Å². The molecule has 32 heavy (non-hydrogen) atoms. The molecular weight excluding hydrogens is 428 g/mol. The van der Waals surface area contributed by atoms with Crippen molar-refractivity contribution >= 4 is 28.9 Å². The van der Waals surface area contributed by atoms with Crippen LogP contribution in [0.5, 0.6) is 0 Å². The number of carbonyl (C=O) groups excluding carboxylic acids is 3. The molecule has 1 aromatic carbocycles. The number of benzene rings is 1. The number of ether oxygens (including phenoxy) is 2. The third kappa shape index (κ3) is 6.68. The number of aromatic nitrogens is 1. The first kappa shape index (κ1) is 23.5. The van der Waals surface area contributed by atoms with Gasteiger partial charge in [0, 0.05) is 36.5 Å². The van der Waals surface area contributed by atoms with Crippen molar-refractivity contribution in [1.29, 1.82) is 0 Å². The molecule has 2 aromatic rings. The largest absolute Gasteiger partial charge is 0.459 e. The number of hydrogen-bond donors (Lipinski definition) is 0. The van der Waals surface area contributed by atoms with Crippen LogP contribution in [-0.4, -0.2) is 51.5 Å². The van der Waals surface area contributed by atoms with Gasteiger partial charge in [0.25, 0.3) is 0 Å². The number of nitrogens with zero attached hydrogens (tertiary/aromatic N) is 2. The van der Waals surface area contributed by atoms with E-state index in [1.807, 2.05) is 30.3 Å². The molecule has 2 heterocycles. The Morgan fingerprint density at radius 2 is 2.00 bits per heavy atom. The summed E-state index contributed by atoms with van der Waals surface area (Å²) in [6.07, 6.45) is 4.01. The minimum Gasteiger partial charge on any atom is -0.459 e. The van der Waals surface area contributed by atoms with Crippen molar-refractivity contribution < 1.29 is 23.9 Å². The lowest BCUT2D eigenvalue weighted by atomic mass is 10.0. The molecule has 3 rings (SSSR count). The highest BCUT2D eigenvalue weighted by molar-refractivity contribution is 8.14. The first-order valence-corrected chi connectivity index (χ1v) is 11.2. The summed E-state index contributed by atoms with van der Waals surface area (Å²) >= 11 is 1.26. The number of hydrogen-bond acceptors (Lipinski definition) is 7. The van der Waals surface area contributed by atoms with Crippen LogP contribution in [0.2, 0.25) is 0 Å². The van der Waals surface area contributed by atoms with Crippen LogP contribution in [0.1, 0.15) is 35.0 Å². The van der Waals surface area contributed by atoms with Crippen molar-refractivity contribution in [3.05, 3.63) is 78.1 Å². The fourth-order valence-corrected chi connectivity index (χ4v) is 4.69. The molecule has 0 bridgehead atoms. The summed E-state index contributed by atoms with van der Waals surface area (Å²) in [5, 5.41) is -0.0467. The van der Waals surface area contributed by atoms with E-state index < -0.39 is 6.09 Å². The molecule has 1 aromatic heterocycles. The average molecular weight is 455 g/mol. The Bertz CT molecular complexity index is 966. The third-order valence-electron chi connectivity index (χ3n) is 4.99. The molecule has 0 N–H and O–H groups in total. The molecule has 0 saturated carbocycles. The lowest BCUT2D eigenvalue weighted by Gasteiger charge is -2.23. The summed E-state index contributed by atoms with van der Waals surface area (Å²) in [4.78, 5) is 42.3. The molecule has 8 heteroatoms. The highest BCUT2D eigenvalue weighted by atomic mass is 32.2. The average Bonchev–Trinajstić information content (AvgIpc) is 3.18. The van der Waals surface area contributed by atoms with Crippen LogP contribution in [0.15, 0.2) is 61.3 Å². The predicted molar refractivity (Wildman–Crippen MR) is 122 cm³/mol. The van der Waals surface area contributed by atoms with Crippen LogP contribution >= 0.6 is 11.8 Å². The molecule has 1 amide bonds. The van der Waals surface area contributed by atoms with Crippen LogP contribution in [-0.2, 0) is 27.3 Å². The van der Waals surface area contributed by atoms with Crippen molar-refractivity contribution in [3.63, 3.8) is 0 Å². The van der Waals surface area contributed by atoms with Gasteiger partial charge in [0.1, 0.15) is 13.2 Å². The van der Waals surface area contributed by atoms with Crippen LogP contribution < -0.4 is 0 Å². The Morgan fingerprint density at radius 3 is 2.72 bits per heavy atom. The van der Waals surface area contributed by atoms with Gasteiger partial charge >= 0.3 is 12.1 Å². The van der Waals surface area contributed by atoms with E-state index in [1.54, 1.807) is 23.2 Å². The lowest BCUT2D eigenvalue weighted by Crippen LogP contribution is -2.37. The van der Waals surface area contributed by atoms with Gasteiger partial charge in [0.05, 0.1) is 5.69 Å². The van der Waals surface area contributed by atoms with E-state index >= 15 is 0 Å². The zero-order valence-electron chi connectivity index (χ0n) is 17.9. The molecule has 7 nitrogen and oxygen atoms in total. The molecule has 0 unspecified atom stereocenters. The molecule has 1 fully saturated rings. The highest BCUT2D eigenvalue weighted by Gasteiger charge is 2.37. The molecule has 168 valence electrons. The number of carbonyl (C=O) groups is 3. The van der Waals surface area contributed by atoms with Gasteiger partial charge in [-0.2, -0.15) is 0 Å². The van der Waals surface area contributed by atoms with E-state index in [0.717, 1.165) is 5.56 Å². The maximum absolute atomic E-state index is 12.7. The Labute approximate surface area is 191 Å². The summed E-state index contributed by atoms with van der Waals surface area (Å²) in [5.74, 6) is -0.368. The zero-order chi connectivity index (χ0) is 22.9. The fourth-order valence-electron chi connectivity index (χ4n) is 3.56. The summed E-state index contributed by atoms with van der Waals surface area (Å²) < 4.78 is 10.3. The smallest absolute Gasteiger partial charge is 0.410 e. The van der Waals surface area contributed by atoms with Gasteiger partial charge in [-0.3, -0.25) is 14.6 Å². The normalized spacial score (nSPS) is 17.6. The van der Waals surface area contributed by atoms with Crippen LogP contribution in [0.25, 0.3) is 0 Å². The van der Waals surface area contributed by atoms with Gasteiger partial charge in [-0.1, -0.05) is 54.7 Å². The van der Waals surface area contributed by atoms with E-state index in [2.05, 4.69) is 11.6 Å². The highest BCUT2D eigenvalue weighted by Crippen LogP contribution is 2.32. The maximum atomic E-state index is 12.7. The minimum absolute atomic E-state index is 0.0109. The van der Waals surface area contributed by atoms with Crippen LogP contribution in [0, 0.1) is 0 Å². The second-order valence-corrected chi connectivity index (χ2v) is 8.71. The molecule has 0 aliphatic carbocycles. The number of pyridine rings is 1. The number of likely N-dealkylation sites (tertiary alicyclic amines) is 1. The topological polar surface area (TPSA) is 85.8 Å². The van der Waals surface area contributed by atoms with Crippen molar-refractivity contribution in [1.82, 2.24) is 9.88 Å². The summed E-state index contributed by atoms with van der Waals surface area (Å²) in [7, 11) is 0. The van der Waals surface area contributed by atoms with Crippen molar-refractivity contribution in [2.24, 2.45) is 0 Å². The van der Waals surface area contributed by atoms with Gasteiger partial charge in [0.2, 0.25) is 5.12 Å². The van der Waals surface area contributed by atoms with Gasteiger partial charge in [-0.15, -0.1) is 0 Å². The first-order chi connectivity index (χ1) is 15.5. The van der Waals surface area contributed by atoms with E-state index in [9.17, 15) is 14.4 Å². The second kappa shape index (κ2) is 11.5. The SMILES string of the molecule is C=CCOC(=O)N1C[C@@H](SC(=O)c2ccccc2)C[C@H]1Cc1ccnc(COC(C)=O)c1. The monoisotopic (exact) mass is 454 g/mol. The third-order valence-corrected chi connectivity index (χ3v) is 6.12. The van der Waals surface area contributed by atoms with Gasteiger partial charge in [0.15, 0.2) is 0 Å². The van der Waals surface area contributed by atoms with Gasteiger partial charge in [-0.25, -0.2) is 4.79 Å². The zero-order valence-corrected chi connectivity index (χ0v) is 18.8. The molecule has 1 aliphatic rings. The maximum Gasteiger partial charge on any atom is 0.410 e. The number of rotatable bonds is 8. The minimum atomic E-state index is -0.417. The fraction of sp³-hybridized carbons (Fsp3) is 0.333. The standard InChI is InChI=1S/C24H26N2O5S/c1-3-11-30-24(29)26-15-22(32-23(28)19-7-5-4-6-8-19)14-21(26)13-18-9-10-25-20(12-18)16-31-17(2)27/h3-10,12,21-22H,1,11,13-16H2,2H3/t21-,22+/m1/s1. The van der Waals surface area contributed by atoms with Crippen molar-refractivity contribution in [2.45, 2.75) is 37.7 Å². The summed E-state index contributed by atoms with van der Waals surface area (Å²) in [6.45, 7) is 5.59. The first-order valence-electron chi connectivity index (χ1n) is 10.3. The Morgan fingerprint density at radius 1 is 1.22 bits per heavy atom. The predicted octanol–water partition coefficient (Wildman–Crippen LogP) is 4.03. The van der Waals surface area contributed by atoms with Crippen molar-refractivity contribution in [2.75, 3.05) is 13.2 Å². The van der Waals surface area contributed by atoms with Crippen molar-refractivity contribution in [3.8, 4) is 0 Å². The van der Waals surface area contributed by atoms with E-state index in [0.29, 0.717) is 30.6 Å². The molecule has 0 radical (unpaired) electrons. The Balaban J connectivity index is 1.70. The number of amides is 1. The molecule has 0 spiro atoms. The Kier molecular flexibility index (Phi) is 8.44. The molecule has 2 atom stereocenters. The van der Waals surface area contributed by atoms with Gasteiger partial charge < -0.3 is 14.4 Å². The lowest BCUT2D eigenvalue weighted by molar-refractivity contribution is -0.142. The van der Waals surface area contributed by atoms with Crippen LogP contribution in [0.3, 0.4) is 0 Å². The second-order valence-electron chi connectivity index (χ2n) is 7.44. The summed E-state index contributed by atoms with van der Waals surface area (Å²) in [5.41, 5.74) is 2.25. The van der Waals surface area contributed by atoms with Crippen LogP contribution in [0.4, 0.5) is 4.79 Å². The molecule has 1 aliphatic heterocycles. The van der Waals surface area contributed by atoms with E-state index in [1.165, 1.54) is 24.8 Å². The Hall–Kier alpha value is -3.13. The van der Waals surface area contributed by atoms with Gasteiger partial charge in [-0.05, 0) is 30.5 Å². The summed E-state index contributed by atoms with van der Waals surface area (Å²) in [6, 6.07) is 12.7. The molecular formula is C24H26N2O5S. The quantitative estimate of drug-likeness (QED) is 0.440.